The molecule has 0 rings (SSSR count). The molecule has 2 atom stereocenters. The molecule has 0 heterocycles. The highest BCUT2D eigenvalue weighted by Crippen LogP contribution is 2.18. The number of hydrogen-bond donors (Lipinski definition) is 3. The summed E-state index contributed by atoms with van der Waals surface area (Å²) in [6.45, 7) is 4.90. The van der Waals surface area contributed by atoms with Crippen LogP contribution in [0.25, 0.3) is 0 Å². The van der Waals surface area contributed by atoms with Gasteiger partial charge in [0.15, 0.2) is 0 Å². The van der Waals surface area contributed by atoms with Gasteiger partial charge in [0.25, 0.3) is 0 Å². The van der Waals surface area contributed by atoms with Gasteiger partial charge in [0.1, 0.15) is 0 Å². The predicted molar refractivity (Wildman–Crippen MR) is 356 cm³/mol. The van der Waals surface area contributed by atoms with Crippen molar-refractivity contribution < 1.29 is 24.5 Å². The zero-order valence-corrected chi connectivity index (χ0v) is 54.5. The minimum Gasteiger partial charge on any atom is -0.466 e. The van der Waals surface area contributed by atoms with Crippen LogP contribution in [0.15, 0.2) is 48.6 Å². The fraction of sp³-hybridized carbons (Fsp3) is 0.867. The number of carbonyl (C=O) groups is 2. The second-order valence-corrected chi connectivity index (χ2v) is 24.9. The molecule has 2 unspecified atom stereocenters. The van der Waals surface area contributed by atoms with E-state index in [9.17, 15) is 19.8 Å². The first-order valence-electron chi connectivity index (χ1n) is 36.4. The van der Waals surface area contributed by atoms with E-state index in [0.29, 0.717) is 19.4 Å². The molecule has 0 aliphatic carbocycles. The summed E-state index contributed by atoms with van der Waals surface area (Å²) < 4.78 is 5.49. The average Bonchev–Trinajstić information content (AvgIpc) is 3.47. The van der Waals surface area contributed by atoms with Crippen molar-refractivity contribution in [3.8, 4) is 0 Å². The first-order chi connectivity index (χ1) is 40.0. The molecule has 0 fully saturated rings. The smallest absolute Gasteiger partial charge is 0.305 e. The van der Waals surface area contributed by atoms with Gasteiger partial charge in [-0.15, -0.1) is 0 Å². The van der Waals surface area contributed by atoms with Crippen LogP contribution in [-0.2, 0) is 14.3 Å². The highest BCUT2D eigenvalue weighted by Gasteiger charge is 2.18. The zero-order chi connectivity index (χ0) is 58.5. The minimum absolute atomic E-state index is 0.00232. The molecule has 0 spiro atoms. The molecule has 0 saturated heterocycles. The van der Waals surface area contributed by atoms with Crippen molar-refractivity contribution in [2.24, 2.45) is 0 Å². The Kier molecular flexibility index (Phi) is 68.4. The molecule has 0 bridgehead atoms. The average molecular weight is 1140 g/mol. The van der Waals surface area contributed by atoms with Crippen molar-refractivity contribution in [1.82, 2.24) is 5.32 Å². The monoisotopic (exact) mass is 1140 g/mol. The minimum atomic E-state index is -0.845. The van der Waals surface area contributed by atoms with E-state index < -0.39 is 12.1 Å². The Labute approximate surface area is 506 Å². The topological polar surface area (TPSA) is 95.9 Å². The molecule has 0 saturated carbocycles. The lowest BCUT2D eigenvalue weighted by Gasteiger charge is -2.20. The van der Waals surface area contributed by atoms with E-state index in [1.807, 2.05) is 6.08 Å². The molecule has 0 radical (unpaired) electrons. The van der Waals surface area contributed by atoms with Crippen LogP contribution >= 0.6 is 0 Å². The lowest BCUT2D eigenvalue weighted by Crippen LogP contribution is -2.45. The van der Waals surface area contributed by atoms with Crippen molar-refractivity contribution >= 4 is 11.9 Å². The molecule has 476 valence electrons. The molecule has 81 heavy (non-hydrogen) atoms. The van der Waals surface area contributed by atoms with E-state index in [2.05, 4.69) is 55.6 Å². The van der Waals surface area contributed by atoms with Crippen molar-refractivity contribution in [1.29, 1.82) is 0 Å². The number of aliphatic hydroxyl groups excluding tert-OH is 2. The zero-order valence-electron chi connectivity index (χ0n) is 54.5. The van der Waals surface area contributed by atoms with Crippen LogP contribution in [0.2, 0.25) is 0 Å². The number of hydrogen-bond acceptors (Lipinski definition) is 5. The summed E-state index contributed by atoms with van der Waals surface area (Å²) in [6.07, 6.45) is 92.0. The number of esters is 1. The van der Waals surface area contributed by atoms with Crippen LogP contribution < -0.4 is 5.32 Å². The van der Waals surface area contributed by atoms with Crippen LogP contribution in [0.5, 0.6) is 0 Å². The Morgan fingerprint density at radius 2 is 0.617 bits per heavy atom. The van der Waals surface area contributed by atoms with E-state index >= 15 is 0 Å². The molecule has 3 N–H and O–H groups in total. The molecule has 0 aliphatic rings. The summed E-state index contributed by atoms with van der Waals surface area (Å²) in [5.74, 6) is -0.0617. The lowest BCUT2D eigenvalue weighted by atomic mass is 10.0. The highest BCUT2D eigenvalue weighted by molar-refractivity contribution is 5.76. The normalized spacial score (nSPS) is 12.8. The van der Waals surface area contributed by atoms with E-state index in [-0.39, 0.29) is 18.5 Å². The molecule has 0 aromatic carbocycles. The van der Waals surface area contributed by atoms with Crippen molar-refractivity contribution in [2.45, 2.75) is 405 Å². The first-order valence-corrected chi connectivity index (χ1v) is 36.4. The number of amides is 1. The quantitative estimate of drug-likeness (QED) is 0.0320. The molecule has 6 nitrogen and oxygen atoms in total. The summed E-state index contributed by atoms with van der Waals surface area (Å²) in [7, 11) is 0. The summed E-state index contributed by atoms with van der Waals surface area (Å²) in [6, 6.07) is -0.629. The Balaban J connectivity index is 3.40. The largest absolute Gasteiger partial charge is 0.466 e. The van der Waals surface area contributed by atoms with Gasteiger partial charge in [0, 0.05) is 12.8 Å². The Morgan fingerprint density at radius 1 is 0.346 bits per heavy atom. The number of ether oxygens (including phenoxy) is 1. The number of aliphatic hydroxyl groups is 2. The maximum absolute atomic E-state index is 12.5. The van der Waals surface area contributed by atoms with Crippen LogP contribution in [-0.4, -0.2) is 47.4 Å². The molecule has 1 amide bonds. The molecule has 0 aromatic heterocycles. The van der Waals surface area contributed by atoms with Gasteiger partial charge in [-0.05, 0) is 89.9 Å². The van der Waals surface area contributed by atoms with Gasteiger partial charge in [-0.2, -0.15) is 0 Å². The van der Waals surface area contributed by atoms with Gasteiger partial charge in [0.2, 0.25) is 5.91 Å². The standard InChI is InChI=1S/C75H141NO5/c1-3-5-7-9-11-13-15-17-19-20-21-33-36-40-43-47-51-55-59-63-67-73(78)72(71-77)76-74(79)68-64-60-56-52-48-44-41-37-34-31-29-27-25-23-22-24-26-28-30-32-35-38-42-46-50-54-58-62-66-70-81-75(80)69-65-61-57-53-49-45-39-18-16-14-12-10-8-6-4-2/h12,14,18,22,24,39,63,67,72-73,77-78H,3-11,13,15-17,19-21,23,25-38,40-62,64-66,68-71H2,1-2H3,(H,76,79)/b14-12-,24-22-,39-18-,67-63+. The van der Waals surface area contributed by atoms with Gasteiger partial charge in [0.05, 0.1) is 25.4 Å². The van der Waals surface area contributed by atoms with Crippen molar-refractivity contribution in [3.05, 3.63) is 48.6 Å². The van der Waals surface area contributed by atoms with E-state index in [1.165, 1.54) is 315 Å². The van der Waals surface area contributed by atoms with Gasteiger partial charge in [-0.1, -0.05) is 339 Å². The van der Waals surface area contributed by atoms with Crippen LogP contribution in [0, 0.1) is 0 Å². The predicted octanol–water partition coefficient (Wildman–Crippen LogP) is 23.6. The van der Waals surface area contributed by atoms with E-state index in [0.717, 1.165) is 51.4 Å². The third-order valence-corrected chi connectivity index (χ3v) is 16.8. The van der Waals surface area contributed by atoms with E-state index in [4.69, 9.17) is 4.74 Å². The molecule has 0 aliphatic heterocycles. The Bertz CT molecular complexity index is 1360. The third kappa shape index (κ3) is 66.8. The number of unbranched alkanes of at least 4 members (excludes halogenated alkanes) is 51. The van der Waals surface area contributed by atoms with Crippen molar-refractivity contribution in [3.63, 3.8) is 0 Å². The van der Waals surface area contributed by atoms with Crippen molar-refractivity contribution in [2.75, 3.05) is 13.2 Å². The fourth-order valence-electron chi connectivity index (χ4n) is 11.3. The Morgan fingerprint density at radius 3 is 0.975 bits per heavy atom. The second kappa shape index (κ2) is 70.3. The SMILES string of the molecule is CCCCC/C=C\C/C=C\CCCCCCCC(=O)OCCCCCCCCCCCCCC/C=C\CCCCCCCCCCCCCCCC(=O)NC(CO)C(O)/C=C/CCCCCCCCCCCCCCCCCCCC. The van der Waals surface area contributed by atoms with Gasteiger partial charge < -0.3 is 20.3 Å². The summed E-state index contributed by atoms with van der Waals surface area (Å²) >= 11 is 0. The first kappa shape index (κ1) is 78.8. The molecular formula is C75H141NO5. The maximum Gasteiger partial charge on any atom is 0.305 e. The number of carbonyl (C=O) groups excluding carboxylic acids is 2. The molecular weight excluding hydrogens is 995 g/mol. The third-order valence-electron chi connectivity index (χ3n) is 16.8. The second-order valence-electron chi connectivity index (χ2n) is 24.9. The van der Waals surface area contributed by atoms with E-state index in [1.54, 1.807) is 6.08 Å². The van der Waals surface area contributed by atoms with Gasteiger partial charge in [-0.3, -0.25) is 9.59 Å². The molecule has 0 aromatic rings. The summed E-state index contributed by atoms with van der Waals surface area (Å²) in [5.41, 5.74) is 0. The highest BCUT2D eigenvalue weighted by atomic mass is 16.5. The fourth-order valence-corrected chi connectivity index (χ4v) is 11.3. The maximum atomic E-state index is 12.5. The summed E-state index contributed by atoms with van der Waals surface area (Å²) in [5, 5.41) is 23.2. The van der Waals surface area contributed by atoms with Crippen LogP contribution in [0.1, 0.15) is 393 Å². The van der Waals surface area contributed by atoms with Gasteiger partial charge >= 0.3 is 5.97 Å². The lowest BCUT2D eigenvalue weighted by molar-refractivity contribution is -0.143. The van der Waals surface area contributed by atoms with Crippen LogP contribution in [0.4, 0.5) is 0 Å². The van der Waals surface area contributed by atoms with Crippen LogP contribution in [0.3, 0.4) is 0 Å². The number of rotatable bonds is 68. The van der Waals surface area contributed by atoms with Gasteiger partial charge in [-0.25, -0.2) is 0 Å². The number of allylic oxidation sites excluding steroid dienone is 7. The Hall–Kier alpha value is -2.18. The molecule has 6 heteroatoms. The number of nitrogens with one attached hydrogen (secondary N) is 1. The summed E-state index contributed by atoms with van der Waals surface area (Å²) in [4.78, 5) is 24.6.